The van der Waals surface area contributed by atoms with Crippen molar-refractivity contribution in [3.05, 3.63) is 0 Å². The SMILES string of the molecule is CCCN(CCCNC(C)C)C1CCNCC1. The van der Waals surface area contributed by atoms with Crippen molar-refractivity contribution < 1.29 is 0 Å². The first kappa shape index (κ1) is 14.9. The summed E-state index contributed by atoms with van der Waals surface area (Å²) in [5, 5.41) is 6.96. The molecule has 1 fully saturated rings. The highest BCUT2D eigenvalue weighted by Gasteiger charge is 2.19. The Labute approximate surface area is 107 Å². The quantitative estimate of drug-likeness (QED) is 0.635. The van der Waals surface area contributed by atoms with Crippen molar-refractivity contribution in [2.75, 3.05) is 32.7 Å². The second kappa shape index (κ2) is 8.90. The molecular weight excluding hydrogens is 210 g/mol. The monoisotopic (exact) mass is 241 g/mol. The van der Waals surface area contributed by atoms with Crippen molar-refractivity contribution in [3.8, 4) is 0 Å². The summed E-state index contributed by atoms with van der Waals surface area (Å²) in [6.07, 6.45) is 5.22. The molecule has 0 aromatic rings. The van der Waals surface area contributed by atoms with E-state index >= 15 is 0 Å². The Balaban J connectivity index is 2.21. The molecule has 0 saturated carbocycles. The molecule has 0 unspecified atom stereocenters. The first-order chi connectivity index (χ1) is 8.24. The Morgan fingerprint density at radius 3 is 2.53 bits per heavy atom. The van der Waals surface area contributed by atoms with E-state index in [1.165, 1.54) is 51.9 Å². The number of hydrogen-bond acceptors (Lipinski definition) is 3. The smallest absolute Gasteiger partial charge is 0.0119 e. The average molecular weight is 241 g/mol. The maximum Gasteiger partial charge on any atom is 0.0119 e. The number of hydrogen-bond donors (Lipinski definition) is 2. The lowest BCUT2D eigenvalue weighted by Gasteiger charge is -2.34. The predicted molar refractivity (Wildman–Crippen MR) is 75.5 cm³/mol. The maximum atomic E-state index is 3.51. The van der Waals surface area contributed by atoms with E-state index in [1.54, 1.807) is 0 Å². The summed E-state index contributed by atoms with van der Waals surface area (Å²) in [4.78, 5) is 2.71. The third-order valence-electron chi connectivity index (χ3n) is 3.51. The molecule has 3 heteroatoms. The molecule has 1 aliphatic heterocycles. The van der Waals surface area contributed by atoms with Crippen LogP contribution in [0.25, 0.3) is 0 Å². The van der Waals surface area contributed by atoms with E-state index in [0.717, 1.165) is 12.6 Å². The molecule has 3 nitrogen and oxygen atoms in total. The van der Waals surface area contributed by atoms with E-state index in [0.29, 0.717) is 6.04 Å². The van der Waals surface area contributed by atoms with Gasteiger partial charge in [0, 0.05) is 12.1 Å². The van der Waals surface area contributed by atoms with Gasteiger partial charge in [-0.3, -0.25) is 0 Å². The molecule has 0 radical (unpaired) electrons. The van der Waals surface area contributed by atoms with Crippen molar-refractivity contribution in [2.24, 2.45) is 0 Å². The largest absolute Gasteiger partial charge is 0.317 e. The van der Waals surface area contributed by atoms with Crippen LogP contribution in [0.1, 0.15) is 46.5 Å². The molecule has 1 saturated heterocycles. The molecule has 0 spiro atoms. The lowest BCUT2D eigenvalue weighted by Crippen LogP contribution is -2.44. The molecule has 0 aromatic heterocycles. The van der Waals surface area contributed by atoms with Gasteiger partial charge in [0.1, 0.15) is 0 Å². The molecule has 1 aliphatic rings. The number of piperidine rings is 1. The van der Waals surface area contributed by atoms with E-state index in [9.17, 15) is 0 Å². The molecule has 0 atom stereocenters. The summed E-state index contributed by atoms with van der Waals surface area (Å²) in [5.74, 6) is 0. The molecule has 2 N–H and O–H groups in total. The molecule has 1 rings (SSSR count). The average Bonchev–Trinajstić information content (AvgIpc) is 2.34. The number of rotatable bonds is 8. The summed E-state index contributed by atoms with van der Waals surface area (Å²) in [6.45, 7) is 12.8. The van der Waals surface area contributed by atoms with Crippen molar-refractivity contribution in [3.63, 3.8) is 0 Å². The van der Waals surface area contributed by atoms with Gasteiger partial charge in [-0.15, -0.1) is 0 Å². The minimum atomic E-state index is 0.619. The van der Waals surface area contributed by atoms with Crippen LogP contribution in [-0.4, -0.2) is 49.7 Å². The van der Waals surface area contributed by atoms with Crippen molar-refractivity contribution >= 4 is 0 Å². The second-order valence-electron chi connectivity index (χ2n) is 5.48. The van der Waals surface area contributed by atoms with Gasteiger partial charge < -0.3 is 15.5 Å². The summed E-state index contributed by atoms with van der Waals surface area (Å²) < 4.78 is 0. The molecule has 0 amide bonds. The number of nitrogens with zero attached hydrogens (tertiary/aromatic N) is 1. The summed E-state index contributed by atoms with van der Waals surface area (Å²) >= 11 is 0. The van der Waals surface area contributed by atoms with Crippen LogP contribution in [0.2, 0.25) is 0 Å². The van der Waals surface area contributed by atoms with Crippen LogP contribution in [0.5, 0.6) is 0 Å². The molecule has 0 aromatic carbocycles. The molecular formula is C14H31N3. The molecule has 17 heavy (non-hydrogen) atoms. The van der Waals surface area contributed by atoms with E-state index < -0.39 is 0 Å². The Morgan fingerprint density at radius 2 is 1.94 bits per heavy atom. The highest BCUT2D eigenvalue weighted by molar-refractivity contribution is 4.77. The van der Waals surface area contributed by atoms with Crippen LogP contribution in [0, 0.1) is 0 Å². The fourth-order valence-electron chi connectivity index (χ4n) is 2.61. The van der Waals surface area contributed by atoms with Gasteiger partial charge in [-0.1, -0.05) is 20.8 Å². The van der Waals surface area contributed by atoms with E-state index in [4.69, 9.17) is 0 Å². The first-order valence-electron chi connectivity index (χ1n) is 7.42. The summed E-state index contributed by atoms with van der Waals surface area (Å²) in [5.41, 5.74) is 0. The minimum absolute atomic E-state index is 0.619. The zero-order chi connectivity index (χ0) is 12.5. The van der Waals surface area contributed by atoms with E-state index in [-0.39, 0.29) is 0 Å². The third-order valence-corrected chi connectivity index (χ3v) is 3.51. The molecule has 0 aliphatic carbocycles. The van der Waals surface area contributed by atoms with Crippen LogP contribution in [0.15, 0.2) is 0 Å². The molecule has 0 bridgehead atoms. The second-order valence-corrected chi connectivity index (χ2v) is 5.48. The first-order valence-corrected chi connectivity index (χ1v) is 7.42. The fraction of sp³-hybridized carbons (Fsp3) is 1.00. The van der Waals surface area contributed by atoms with Gasteiger partial charge in [-0.2, -0.15) is 0 Å². The molecule has 1 heterocycles. The lowest BCUT2D eigenvalue weighted by molar-refractivity contribution is 0.160. The van der Waals surface area contributed by atoms with Gasteiger partial charge in [-0.25, -0.2) is 0 Å². The van der Waals surface area contributed by atoms with Crippen LogP contribution in [-0.2, 0) is 0 Å². The van der Waals surface area contributed by atoms with Gasteiger partial charge in [0.05, 0.1) is 0 Å². The Hall–Kier alpha value is -0.120. The van der Waals surface area contributed by atoms with Crippen molar-refractivity contribution in [1.29, 1.82) is 0 Å². The third kappa shape index (κ3) is 6.39. The normalized spacial score (nSPS) is 18.2. The summed E-state index contributed by atoms with van der Waals surface area (Å²) in [7, 11) is 0. The summed E-state index contributed by atoms with van der Waals surface area (Å²) in [6, 6.07) is 1.45. The minimum Gasteiger partial charge on any atom is -0.317 e. The van der Waals surface area contributed by atoms with Crippen molar-refractivity contribution in [1.82, 2.24) is 15.5 Å². The van der Waals surface area contributed by atoms with E-state index in [1.807, 2.05) is 0 Å². The van der Waals surface area contributed by atoms with Gasteiger partial charge in [0.25, 0.3) is 0 Å². The number of nitrogens with one attached hydrogen (secondary N) is 2. The Kier molecular flexibility index (Phi) is 7.82. The van der Waals surface area contributed by atoms with Crippen LogP contribution in [0.4, 0.5) is 0 Å². The van der Waals surface area contributed by atoms with Crippen LogP contribution in [0.3, 0.4) is 0 Å². The molecule has 102 valence electrons. The maximum absolute atomic E-state index is 3.51. The van der Waals surface area contributed by atoms with Gasteiger partial charge in [0.15, 0.2) is 0 Å². The van der Waals surface area contributed by atoms with Crippen molar-refractivity contribution in [2.45, 2.75) is 58.5 Å². The topological polar surface area (TPSA) is 27.3 Å². The Morgan fingerprint density at radius 1 is 1.24 bits per heavy atom. The zero-order valence-electron chi connectivity index (χ0n) is 12.0. The predicted octanol–water partition coefficient (Wildman–Crippen LogP) is 1.84. The van der Waals surface area contributed by atoms with Gasteiger partial charge in [0.2, 0.25) is 0 Å². The van der Waals surface area contributed by atoms with Crippen LogP contribution >= 0.6 is 0 Å². The zero-order valence-corrected chi connectivity index (χ0v) is 12.0. The van der Waals surface area contributed by atoms with Crippen LogP contribution < -0.4 is 10.6 Å². The fourth-order valence-corrected chi connectivity index (χ4v) is 2.61. The van der Waals surface area contributed by atoms with Gasteiger partial charge in [-0.05, 0) is 58.4 Å². The highest BCUT2D eigenvalue weighted by Crippen LogP contribution is 2.12. The highest BCUT2D eigenvalue weighted by atomic mass is 15.2. The van der Waals surface area contributed by atoms with Gasteiger partial charge >= 0.3 is 0 Å². The Bertz CT molecular complexity index is 176. The lowest BCUT2D eigenvalue weighted by atomic mass is 10.0. The standard InChI is InChI=1S/C14H31N3/c1-4-11-17(12-5-8-16-13(2)3)14-6-9-15-10-7-14/h13-16H,4-12H2,1-3H3. The van der Waals surface area contributed by atoms with E-state index in [2.05, 4.69) is 36.3 Å².